The average Bonchev–Trinajstić information content (AvgIpc) is 2.67. The van der Waals surface area contributed by atoms with Crippen LogP contribution in [-0.2, 0) is 11.3 Å². The minimum absolute atomic E-state index is 0.147. The third kappa shape index (κ3) is 4.04. The predicted molar refractivity (Wildman–Crippen MR) is 107 cm³/mol. The van der Waals surface area contributed by atoms with Crippen LogP contribution >= 0.6 is 0 Å². The van der Waals surface area contributed by atoms with Crippen LogP contribution in [0.1, 0.15) is 30.5 Å². The molecule has 0 aliphatic carbocycles. The maximum atomic E-state index is 13.0. The first kappa shape index (κ1) is 18.7. The lowest BCUT2D eigenvalue weighted by molar-refractivity contribution is -0.129. The molecule has 0 saturated heterocycles. The molecule has 0 bridgehead atoms. The number of fused-ring (bicyclic) bond motifs is 2. The molecule has 6 heteroatoms. The second-order valence-electron chi connectivity index (χ2n) is 7.13. The summed E-state index contributed by atoms with van der Waals surface area (Å²) in [5.41, 5.74) is 2.39. The molecule has 1 heterocycles. The van der Waals surface area contributed by atoms with Crippen molar-refractivity contribution in [3.05, 3.63) is 65.2 Å². The highest BCUT2D eigenvalue weighted by atomic mass is 16.3. The molecule has 0 fully saturated rings. The van der Waals surface area contributed by atoms with Crippen molar-refractivity contribution in [2.45, 2.75) is 20.4 Å². The van der Waals surface area contributed by atoms with E-state index >= 15 is 0 Å². The van der Waals surface area contributed by atoms with E-state index in [-0.39, 0.29) is 25.7 Å². The van der Waals surface area contributed by atoms with Crippen molar-refractivity contribution < 1.29 is 14.7 Å². The Balaban J connectivity index is 1.89. The molecule has 0 radical (unpaired) electrons. The number of carbonyl (C=O) groups excluding carboxylic acids is 2. The Morgan fingerprint density at radius 3 is 2.48 bits per heavy atom. The van der Waals surface area contributed by atoms with Gasteiger partial charge in [0, 0.05) is 11.1 Å². The van der Waals surface area contributed by atoms with Crippen LogP contribution in [0, 0.1) is 17.3 Å². The zero-order valence-corrected chi connectivity index (χ0v) is 15.5. The molecule has 0 saturated carbocycles. The second kappa shape index (κ2) is 7.69. The molecule has 3 rings (SSSR count). The van der Waals surface area contributed by atoms with Gasteiger partial charge in [0.15, 0.2) is 0 Å². The van der Waals surface area contributed by atoms with Crippen molar-refractivity contribution in [2.24, 2.45) is 5.41 Å². The number of hydrogen-bond donors (Lipinski definition) is 2. The summed E-state index contributed by atoms with van der Waals surface area (Å²) in [6.07, 6.45) is 0. The van der Waals surface area contributed by atoms with E-state index in [4.69, 9.17) is 0 Å². The maximum absolute atomic E-state index is 13.0. The lowest BCUT2D eigenvalue weighted by atomic mass is 9.85. The fourth-order valence-corrected chi connectivity index (χ4v) is 2.77. The van der Waals surface area contributed by atoms with Crippen molar-refractivity contribution in [2.75, 3.05) is 11.5 Å². The van der Waals surface area contributed by atoms with Gasteiger partial charge in [0.1, 0.15) is 0 Å². The van der Waals surface area contributed by atoms with Crippen LogP contribution in [0.5, 0.6) is 0 Å². The quantitative estimate of drug-likeness (QED) is 0.648. The highest BCUT2D eigenvalue weighted by molar-refractivity contribution is 6.75. The molecule has 0 atom stereocenters. The minimum Gasteiger partial charge on any atom is -0.395 e. The molecule has 136 valence electrons. The molecule has 1 aliphatic heterocycles. The van der Waals surface area contributed by atoms with Crippen LogP contribution in [0.25, 0.3) is 0 Å². The van der Waals surface area contributed by atoms with E-state index in [2.05, 4.69) is 17.1 Å². The molecule has 1 aliphatic rings. The summed E-state index contributed by atoms with van der Waals surface area (Å²) in [7, 11) is -0.147. The summed E-state index contributed by atoms with van der Waals surface area (Å²) in [4.78, 5) is 26.8. The summed E-state index contributed by atoms with van der Waals surface area (Å²) >= 11 is 0. The molecule has 2 aromatic carbocycles. The highest BCUT2D eigenvalue weighted by Crippen LogP contribution is 2.25. The molecule has 2 aromatic rings. The van der Waals surface area contributed by atoms with Gasteiger partial charge >= 0.3 is 7.41 Å². The third-order valence-electron chi connectivity index (χ3n) is 4.58. The number of anilines is 1. The Hall–Kier alpha value is -3.04. The Kier molecular flexibility index (Phi) is 5.34. The van der Waals surface area contributed by atoms with Gasteiger partial charge in [-0.3, -0.25) is 9.59 Å². The molecular weight excluding hydrogens is 339 g/mol. The summed E-state index contributed by atoms with van der Waals surface area (Å²) < 4.78 is 0. The topological polar surface area (TPSA) is 69.6 Å². The maximum Gasteiger partial charge on any atom is 0.344 e. The molecule has 5 nitrogen and oxygen atoms in total. The van der Waals surface area contributed by atoms with Gasteiger partial charge in [0.25, 0.3) is 0 Å². The van der Waals surface area contributed by atoms with Gasteiger partial charge in [0.2, 0.25) is 11.7 Å². The Labute approximate surface area is 159 Å². The van der Waals surface area contributed by atoms with E-state index in [0.29, 0.717) is 6.54 Å². The summed E-state index contributed by atoms with van der Waals surface area (Å²) in [6, 6.07) is 15.2. The molecule has 2 amide bonds. The number of nitrogens with one attached hydrogen (secondary N) is 1. The highest BCUT2D eigenvalue weighted by Gasteiger charge is 2.29. The smallest absolute Gasteiger partial charge is 0.344 e. The molecule has 2 N–H and O–H groups in total. The second-order valence-corrected chi connectivity index (χ2v) is 7.13. The molecule has 27 heavy (non-hydrogen) atoms. The van der Waals surface area contributed by atoms with Gasteiger partial charge in [-0.1, -0.05) is 42.2 Å². The fourth-order valence-electron chi connectivity index (χ4n) is 2.77. The number of benzene rings is 2. The summed E-state index contributed by atoms with van der Waals surface area (Å²) in [5, 5.41) is 12.0. The van der Waals surface area contributed by atoms with E-state index in [1.807, 2.05) is 48.5 Å². The number of carbonyl (C=O) groups is 2. The Morgan fingerprint density at radius 1 is 1.11 bits per heavy atom. The molecule has 0 unspecified atom stereocenters. The van der Waals surface area contributed by atoms with Gasteiger partial charge < -0.3 is 15.2 Å². The van der Waals surface area contributed by atoms with Crippen molar-refractivity contribution in [3.8, 4) is 11.8 Å². The first-order chi connectivity index (χ1) is 12.9. The monoisotopic (exact) mass is 360 g/mol. The zero-order valence-electron chi connectivity index (χ0n) is 15.5. The van der Waals surface area contributed by atoms with E-state index in [0.717, 1.165) is 22.4 Å². The normalized spacial score (nSPS) is 12.5. The largest absolute Gasteiger partial charge is 0.395 e. The standard InChI is InChI=1S/C21H21BN2O3/c1-21(2,14-25)19(26)23-22-20(27)24-13-17-9-4-3-7-15(17)11-12-16-8-5-6-10-18(16)24/h3-10,22,25H,13-14H2,1-2H3,(H,23,26). The molecule has 0 spiro atoms. The van der Waals surface area contributed by atoms with Crippen molar-refractivity contribution >= 4 is 24.8 Å². The van der Waals surface area contributed by atoms with Gasteiger partial charge in [-0.05, 0) is 37.6 Å². The zero-order chi connectivity index (χ0) is 19.4. The van der Waals surface area contributed by atoms with Gasteiger partial charge in [-0.25, -0.2) is 0 Å². The van der Waals surface area contributed by atoms with Crippen LogP contribution in [0.3, 0.4) is 0 Å². The van der Waals surface area contributed by atoms with Crippen molar-refractivity contribution in [1.82, 2.24) is 5.23 Å². The lowest BCUT2D eigenvalue weighted by Gasteiger charge is -2.27. The van der Waals surface area contributed by atoms with E-state index in [1.54, 1.807) is 18.7 Å². The number of amides is 2. The number of nitrogens with zero attached hydrogens (tertiary/aromatic N) is 1. The van der Waals surface area contributed by atoms with Gasteiger partial charge in [-0.15, -0.1) is 0 Å². The van der Waals surface area contributed by atoms with Crippen LogP contribution in [-0.4, -0.2) is 30.8 Å². The number of aliphatic hydroxyl groups is 1. The minimum atomic E-state index is -0.938. The predicted octanol–water partition coefficient (Wildman–Crippen LogP) is 2.01. The first-order valence-corrected chi connectivity index (χ1v) is 8.81. The van der Waals surface area contributed by atoms with Gasteiger partial charge in [-0.2, -0.15) is 0 Å². The van der Waals surface area contributed by atoms with Crippen LogP contribution in [0.2, 0.25) is 0 Å². The van der Waals surface area contributed by atoms with Crippen LogP contribution in [0.4, 0.5) is 10.5 Å². The van der Waals surface area contributed by atoms with E-state index in [1.165, 1.54) is 0 Å². The summed E-state index contributed by atoms with van der Waals surface area (Å²) in [5.74, 6) is 5.72. The third-order valence-corrected chi connectivity index (χ3v) is 4.58. The fraction of sp³-hybridized carbons (Fsp3) is 0.238. The molecule has 0 aromatic heterocycles. The first-order valence-electron chi connectivity index (χ1n) is 8.81. The number of aliphatic hydroxyl groups excluding tert-OH is 1. The van der Waals surface area contributed by atoms with Crippen molar-refractivity contribution in [1.29, 1.82) is 0 Å². The Morgan fingerprint density at radius 2 is 1.74 bits per heavy atom. The SMILES string of the molecule is CC(C)(CO)C(=O)NBC(=O)N1Cc2ccccc2C#Cc2ccccc21. The van der Waals surface area contributed by atoms with Crippen molar-refractivity contribution in [3.63, 3.8) is 0 Å². The Bertz CT molecular complexity index is 944. The van der Waals surface area contributed by atoms with E-state index < -0.39 is 5.41 Å². The summed E-state index contributed by atoms with van der Waals surface area (Å²) in [6.45, 7) is 3.34. The van der Waals surface area contributed by atoms with Crippen LogP contribution < -0.4 is 10.1 Å². The number of rotatable bonds is 4. The van der Waals surface area contributed by atoms with E-state index in [9.17, 15) is 14.7 Å². The lowest BCUT2D eigenvalue weighted by Crippen LogP contribution is -2.47. The number of hydrogen-bond acceptors (Lipinski definition) is 3. The number of para-hydroxylation sites is 1. The average molecular weight is 360 g/mol. The van der Waals surface area contributed by atoms with Crippen LogP contribution in [0.15, 0.2) is 48.5 Å². The van der Waals surface area contributed by atoms with Gasteiger partial charge in [0.05, 0.1) is 24.3 Å². The molecular formula is C21H21BN2O3.